The van der Waals surface area contributed by atoms with Crippen LogP contribution in [0.2, 0.25) is 0 Å². The van der Waals surface area contributed by atoms with E-state index in [-0.39, 0.29) is 11.6 Å². The minimum absolute atomic E-state index is 0.151. The average molecular weight is 405 g/mol. The summed E-state index contributed by atoms with van der Waals surface area (Å²) in [6.45, 7) is 15.7. The molecule has 4 heteroatoms. The van der Waals surface area contributed by atoms with Crippen molar-refractivity contribution in [2.45, 2.75) is 81.1 Å². The number of carbonyl (C=O) groups excluding carboxylic acids is 2. The number of para-hydroxylation sites is 1. The van der Waals surface area contributed by atoms with Crippen molar-refractivity contribution in [2.75, 3.05) is 12.4 Å². The maximum Gasteiger partial charge on any atom is 0.164 e. The maximum atomic E-state index is 11.4. The van der Waals surface area contributed by atoms with Crippen molar-refractivity contribution in [3.05, 3.63) is 53.3 Å². The first kappa shape index (κ1) is 31.3. The predicted octanol–water partition coefficient (Wildman–Crippen LogP) is 6.93. The molecule has 0 saturated heterocycles. The summed E-state index contributed by atoms with van der Waals surface area (Å²) in [5.41, 5.74) is 8.69. The first-order chi connectivity index (χ1) is 14.0. The molecule has 0 bridgehead atoms. The number of nitrogens with two attached hydrogens (primary N) is 1. The lowest BCUT2D eigenvalue weighted by Gasteiger charge is -2.09. The van der Waals surface area contributed by atoms with Crippen LogP contribution in [0.25, 0.3) is 0 Å². The van der Waals surface area contributed by atoms with Gasteiger partial charge >= 0.3 is 0 Å². The second-order valence-corrected chi connectivity index (χ2v) is 5.20. The molecule has 0 amide bonds. The van der Waals surface area contributed by atoms with Gasteiger partial charge in [0.2, 0.25) is 0 Å². The van der Waals surface area contributed by atoms with E-state index in [9.17, 15) is 9.59 Å². The number of carbonyl (C=O) groups is 2. The fourth-order valence-electron chi connectivity index (χ4n) is 2.29. The van der Waals surface area contributed by atoms with E-state index in [4.69, 9.17) is 5.73 Å². The summed E-state index contributed by atoms with van der Waals surface area (Å²) in [4.78, 5) is 22.5. The van der Waals surface area contributed by atoms with Crippen LogP contribution in [0.4, 0.5) is 5.69 Å². The number of rotatable bonds is 5. The molecule has 1 aliphatic rings. The molecule has 0 fully saturated rings. The molecule has 0 aromatic heterocycles. The van der Waals surface area contributed by atoms with E-state index in [1.165, 1.54) is 0 Å². The third kappa shape index (κ3) is 12.7. The SMILES string of the molecule is CC.CC.CC.CCC(=O)C1=CCCC=C1N.CCC(=O)c1ccccc1NC. The van der Waals surface area contributed by atoms with E-state index in [2.05, 4.69) is 5.32 Å². The zero-order valence-electron chi connectivity index (χ0n) is 20.2. The van der Waals surface area contributed by atoms with Crippen LogP contribution in [0.15, 0.2) is 47.7 Å². The Balaban J connectivity index is -0.000000371. The smallest absolute Gasteiger partial charge is 0.164 e. The molecule has 0 aliphatic heterocycles. The monoisotopic (exact) mass is 404 g/mol. The molecule has 0 heterocycles. The van der Waals surface area contributed by atoms with Crippen molar-refractivity contribution in [1.29, 1.82) is 0 Å². The fraction of sp³-hybridized carbons (Fsp3) is 0.520. The van der Waals surface area contributed by atoms with Gasteiger partial charge in [-0.15, -0.1) is 0 Å². The Morgan fingerprint density at radius 1 is 0.862 bits per heavy atom. The lowest BCUT2D eigenvalue weighted by Crippen LogP contribution is -2.12. The summed E-state index contributed by atoms with van der Waals surface area (Å²) in [5.74, 6) is 0.332. The number of ketones is 2. The average Bonchev–Trinajstić information content (AvgIpc) is 2.82. The van der Waals surface area contributed by atoms with E-state index in [0.717, 1.165) is 29.7 Å². The van der Waals surface area contributed by atoms with Gasteiger partial charge in [0.15, 0.2) is 11.6 Å². The van der Waals surface area contributed by atoms with Crippen LogP contribution in [-0.4, -0.2) is 18.6 Å². The van der Waals surface area contributed by atoms with Gasteiger partial charge in [-0.05, 0) is 25.0 Å². The van der Waals surface area contributed by atoms with Crippen LogP contribution < -0.4 is 11.1 Å². The molecule has 1 aromatic rings. The van der Waals surface area contributed by atoms with Gasteiger partial charge in [-0.1, -0.05) is 79.7 Å². The molecule has 4 nitrogen and oxygen atoms in total. The number of hydrogen-bond acceptors (Lipinski definition) is 4. The molecule has 1 aliphatic carbocycles. The number of nitrogens with one attached hydrogen (secondary N) is 1. The second-order valence-electron chi connectivity index (χ2n) is 5.20. The first-order valence-electron chi connectivity index (χ1n) is 11.0. The van der Waals surface area contributed by atoms with E-state index in [0.29, 0.717) is 18.5 Å². The maximum absolute atomic E-state index is 11.4. The number of Topliss-reactive ketones (excluding diaryl/α,β-unsaturated/α-hetero) is 2. The molecule has 166 valence electrons. The Bertz CT molecular complexity index is 617. The second kappa shape index (κ2) is 21.9. The van der Waals surface area contributed by atoms with Gasteiger partial charge in [0.05, 0.1) is 0 Å². The van der Waals surface area contributed by atoms with Crippen LogP contribution in [0, 0.1) is 0 Å². The highest BCUT2D eigenvalue weighted by Crippen LogP contribution is 2.16. The number of allylic oxidation sites excluding steroid dienone is 3. The Morgan fingerprint density at radius 2 is 1.34 bits per heavy atom. The first-order valence-corrected chi connectivity index (χ1v) is 11.0. The summed E-state index contributed by atoms with van der Waals surface area (Å²) in [5, 5.41) is 2.99. The minimum atomic E-state index is 0.151. The van der Waals surface area contributed by atoms with Crippen molar-refractivity contribution in [3.63, 3.8) is 0 Å². The predicted molar refractivity (Wildman–Crippen MR) is 130 cm³/mol. The molecule has 1 aromatic carbocycles. The normalized spacial score (nSPS) is 11.1. The van der Waals surface area contributed by atoms with Crippen molar-refractivity contribution in [2.24, 2.45) is 5.73 Å². The molecule has 0 radical (unpaired) electrons. The Kier molecular flexibility index (Phi) is 23.7. The summed E-state index contributed by atoms with van der Waals surface area (Å²) in [6, 6.07) is 7.54. The number of anilines is 1. The summed E-state index contributed by atoms with van der Waals surface area (Å²) >= 11 is 0. The van der Waals surface area contributed by atoms with Crippen molar-refractivity contribution in [3.8, 4) is 0 Å². The third-order valence-electron chi connectivity index (χ3n) is 3.63. The van der Waals surface area contributed by atoms with Crippen molar-refractivity contribution < 1.29 is 9.59 Å². The minimum Gasteiger partial charge on any atom is -0.398 e. The molecule has 0 unspecified atom stereocenters. The Hall–Kier alpha value is -2.36. The van der Waals surface area contributed by atoms with Crippen molar-refractivity contribution in [1.82, 2.24) is 0 Å². The third-order valence-corrected chi connectivity index (χ3v) is 3.63. The van der Waals surface area contributed by atoms with Gasteiger partial charge in [0, 0.05) is 42.4 Å². The standard InChI is InChI=1S/C10H13NO.C9H13NO.3C2H6/c1-3-10(12)8-6-4-5-7-9(8)11-2;1-2-9(11)7-5-3-4-6-8(7)10;3*1-2/h4-7,11H,3H2,1-2H3;5-6H,2-4,10H2,1H3;3*1-2H3. The van der Waals surface area contributed by atoms with Gasteiger partial charge in [0.1, 0.15) is 0 Å². The quantitative estimate of drug-likeness (QED) is 0.522. The van der Waals surface area contributed by atoms with E-state index < -0.39 is 0 Å². The van der Waals surface area contributed by atoms with Crippen LogP contribution in [0.1, 0.15) is 91.4 Å². The summed E-state index contributed by atoms with van der Waals surface area (Å²) in [7, 11) is 1.82. The van der Waals surface area contributed by atoms with Gasteiger partial charge in [-0.2, -0.15) is 0 Å². The molecular formula is C25H44N2O2. The molecule has 0 spiro atoms. The zero-order valence-corrected chi connectivity index (χ0v) is 20.2. The van der Waals surface area contributed by atoms with E-state index in [1.54, 1.807) is 0 Å². The topological polar surface area (TPSA) is 72.2 Å². The zero-order chi connectivity index (χ0) is 23.2. The van der Waals surface area contributed by atoms with Crippen LogP contribution >= 0.6 is 0 Å². The highest BCUT2D eigenvalue weighted by molar-refractivity contribution is 6.01. The molecule has 29 heavy (non-hydrogen) atoms. The lowest BCUT2D eigenvalue weighted by atomic mass is 9.99. The van der Waals surface area contributed by atoms with Crippen LogP contribution in [-0.2, 0) is 4.79 Å². The highest BCUT2D eigenvalue weighted by Gasteiger charge is 2.11. The number of benzene rings is 1. The highest BCUT2D eigenvalue weighted by atomic mass is 16.1. The molecule has 0 saturated carbocycles. The number of hydrogen-bond donors (Lipinski definition) is 2. The molecular weight excluding hydrogens is 360 g/mol. The van der Waals surface area contributed by atoms with Crippen molar-refractivity contribution >= 4 is 17.3 Å². The van der Waals surface area contributed by atoms with Gasteiger partial charge < -0.3 is 11.1 Å². The van der Waals surface area contributed by atoms with Gasteiger partial charge in [-0.3, -0.25) is 9.59 Å². The van der Waals surface area contributed by atoms with Gasteiger partial charge in [0.25, 0.3) is 0 Å². The fourth-order valence-corrected chi connectivity index (χ4v) is 2.29. The van der Waals surface area contributed by atoms with Crippen LogP contribution in [0.5, 0.6) is 0 Å². The molecule has 3 N–H and O–H groups in total. The molecule has 0 atom stereocenters. The largest absolute Gasteiger partial charge is 0.398 e. The summed E-state index contributed by atoms with van der Waals surface area (Å²) in [6.07, 6.45) is 6.86. The van der Waals surface area contributed by atoms with E-state index in [1.807, 2.05) is 98.9 Å². The van der Waals surface area contributed by atoms with E-state index >= 15 is 0 Å². The van der Waals surface area contributed by atoms with Crippen LogP contribution in [0.3, 0.4) is 0 Å². The Morgan fingerprint density at radius 3 is 1.79 bits per heavy atom. The lowest BCUT2D eigenvalue weighted by molar-refractivity contribution is -0.115. The Labute approximate surface area is 179 Å². The van der Waals surface area contributed by atoms with Gasteiger partial charge in [-0.25, -0.2) is 0 Å². The molecule has 2 rings (SSSR count). The summed E-state index contributed by atoms with van der Waals surface area (Å²) < 4.78 is 0.